The van der Waals surface area contributed by atoms with E-state index >= 15 is 0 Å². The Bertz CT molecular complexity index is 1320. The molecule has 0 bridgehead atoms. The average molecular weight is 462 g/mol. The van der Waals surface area contributed by atoms with Gasteiger partial charge in [0.1, 0.15) is 0 Å². The van der Waals surface area contributed by atoms with E-state index in [4.69, 9.17) is 0 Å². The third kappa shape index (κ3) is 4.53. The Kier molecular flexibility index (Phi) is 6.44. The van der Waals surface area contributed by atoms with E-state index in [2.05, 4.69) is 15.5 Å². The highest BCUT2D eigenvalue weighted by molar-refractivity contribution is 7.99. The van der Waals surface area contributed by atoms with E-state index in [-0.39, 0.29) is 23.3 Å². The standard InChI is InChI=1S/C25H27N5O2S/c31-22(26-18-11-5-2-1-3-6-12-18)17-33-25-28-27-24-29(19-13-7-4-8-14-19)23(32)20-15-9-10-16-21(20)30(24)25/h4,7-10,13-16,18H,1-3,5-6,11-12,17H2,(H,26,31). The van der Waals surface area contributed by atoms with Gasteiger partial charge in [-0.25, -0.2) is 4.57 Å². The van der Waals surface area contributed by atoms with Crippen LogP contribution in [0.2, 0.25) is 0 Å². The summed E-state index contributed by atoms with van der Waals surface area (Å²) in [5.41, 5.74) is 1.32. The van der Waals surface area contributed by atoms with Gasteiger partial charge >= 0.3 is 0 Å². The van der Waals surface area contributed by atoms with Gasteiger partial charge in [0.2, 0.25) is 11.7 Å². The van der Waals surface area contributed by atoms with Gasteiger partial charge in [-0.3, -0.25) is 14.0 Å². The molecule has 170 valence electrons. The number of fused-ring (bicyclic) bond motifs is 3. The number of aromatic nitrogens is 4. The van der Waals surface area contributed by atoms with E-state index in [1.807, 2.05) is 59.0 Å². The number of carbonyl (C=O) groups is 1. The molecule has 2 aromatic heterocycles. The second-order valence-electron chi connectivity index (χ2n) is 8.51. The SMILES string of the molecule is O=C(CSc1nnc2n(-c3ccccc3)c(=O)c3ccccc3n12)NC1CCCCCCC1. The Morgan fingerprint density at radius 1 is 0.939 bits per heavy atom. The van der Waals surface area contributed by atoms with Crippen LogP contribution in [0, 0.1) is 0 Å². The van der Waals surface area contributed by atoms with E-state index < -0.39 is 0 Å². The minimum Gasteiger partial charge on any atom is -0.353 e. The van der Waals surface area contributed by atoms with Crippen LogP contribution >= 0.6 is 11.8 Å². The maximum absolute atomic E-state index is 13.3. The maximum Gasteiger partial charge on any atom is 0.267 e. The summed E-state index contributed by atoms with van der Waals surface area (Å²) in [5.74, 6) is 0.714. The molecule has 2 aromatic carbocycles. The van der Waals surface area contributed by atoms with Crippen molar-refractivity contribution in [1.82, 2.24) is 24.5 Å². The van der Waals surface area contributed by atoms with Crippen LogP contribution in [-0.4, -0.2) is 36.9 Å². The molecule has 7 nitrogen and oxygen atoms in total. The number of thioether (sulfide) groups is 1. The zero-order valence-corrected chi connectivity index (χ0v) is 19.3. The Labute approximate surface area is 196 Å². The second kappa shape index (κ2) is 9.79. The molecule has 0 aliphatic heterocycles. The van der Waals surface area contributed by atoms with Crippen LogP contribution in [0.4, 0.5) is 0 Å². The summed E-state index contributed by atoms with van der Waals surface area (Å²) >= 11 is 1.35. The van der Waals surface area contributed by atoms with Gasteiger partial charge in [-0.15, -0.1) is 10.2 Å². The molecule has 33 heavy (non-hydrogen) atoms. The van der Waals surface area contributed by atoms with Crippen molar-refractivity contribution in [2.24, 2.45) is 0 Å². The normalized spacial score (nSPS) is 15.4. The van der Waals surface area contributed by atoms with E-state index in [0.29, 0.717) is 16.3 Å². The number of para-hydroxylation sites is 2. The molecule has 0 spiro atoms. The van der Waals surface area contributed by atoms with E-state index in [1.165, 1.54) is 43.9 Å². The third-order valence-electron chi connectivity index (χ3n) is 6.21. The molecule has 0 atom stereocenters. The Balaban J connectivity index is 1.45. The number of amides is 1. The van der Waals surface area contributed by atoms with Gasteiger partial charge in [-0.2, -0.15) is 0 Å². The van der Waals surface area contributed by atoms with Gasteiger partial charge < -0.3 is 5.32 Å². The molecular weight excluding hydrogens is 434 g/mol. The predicted octanol–water partition coefficient (Wildman–Crippen LogP) is 4.35. The molecule has 1 fully saturated rings. The van der Waals surface area contributed by atoms with Crippen molar-refractivity contribution in [2.45, 2.75) is 56.1 Å². The molecule has 5 rings (SSSR count). The minimum atomic E-state index is -0.143. The first-order valence-electron chi connectivity index (χ1n) is 11.6. The molecule has 0 radical (unpaired) electrons. The van der Waals surface area contributed by atoms with E-state index in [0.717, 1.165) is 24.0 Å². The number of hydrogen-bond donors (Lipinski definition) is 1. The highest BCUT2D eigenvalue weighted by Gasteiger charge is 2.19. The predicted molar refractivity (Wildman–Crippen MR) is 131 cm³/mol. The van der Waals surface area contributed by atoms with Crippen molar-refractivity contribution in [2.75, 3.05) is 5.75 Å². The molecule has 0 saturated heterocycles. The highest BCUT2D eigenvalue weighted by Crippen LogP contribution is 2.23. The fourth-order valence-electron chi connectivity index (χ4n) is 4.58. The van der Waals surface area contributed by atoms with Crippen LogP contribution in [0.25, 0.3) is 22.4 Å². The lowest BCUT2D eigenvalue weighted by molar-refractivity contribution is -0.119. The zero-order valence-electron chi connectivity index (χ0n) is 18.4. The van der Waals surface area contributed by atoms with Crippen molar-refractivity contribution >= 4 is 34.3 Å². The topological polar surface area (TPSA) is 81.3 Å². The summed E-state index contributed by atoms with van der Waals surface area (Å²) < 4.78 is 3.45. The molecule has 2 heterocycles. The summed E-state index contributed by atoms with van der Waals surface area (Å²) in [6, 6.07) is 17.1. The summed E-state index contributed by atoms with van der Waals surface area (Å²) in [4.78, 5) is 26.0. The monoisotopic (exact) mass is 461 g/mol. The van der Waals surface area contributed by atoms with E-state index in [9.17, 15) is 9.59 Å². The van der Waals surface area contributed by atoms with Crippen LogP contribution in [0.3, 0.4) is 0 Å². The zero-order chi connectivity index (χ0) is 22.6. The lowest BCUT2D eigenvalue weighted by Crippen LogP contribution is -2.36. The highest BCUT2D eigenvalue weighted by atomic mass is 32.2. The second-order valence-corrected chi connectivity index (χ2v) is 9.45. The van der Waals surface area contributed by atoms with Crippen LogP contribution in [0.1, 0.15) is 44.9 Å². The van der Waals surface area contributed by atoms with Gasteiger partial charge in [0.25, 0.3) is 5.56 Å². The Morgan fingerprint density at radius 2 is 1.64 bits per heavy atom. The summed E-state index contributed by atoms with van der Waals surface area (Å²) in [6.45, 7) is 0. The van der Waals surface area contributed by atoms with Gasteiger partial charge in [-0.1, -0.05) is 74.2 Å². The van der Waals surface area contributed by atoms with Crippen LogP contribution in [0.15, 0.2) is 64.5 Å². The smallest absolute Gasteiger partial charge is 0.267 e. The molecule has 4 aromatic rings. The lowest BCUT2D eigenvalue weighted by atomic mass is 9.97. The molecule has 1 aliphatic rings. The van der Waals surface area contributed by atoms with Crippen molar-refractivity contribution in [1.29, 1.82) is 0 Å². The molecule has 1 aliphatic carbocycles. The van der Waals surface area contributed by atoms with Crippen molar-refractivity contribution in [3.63, 3.8) is 0 Å². The Hall–Kier alpha value is -3.13. The van der Waals surface area contributed by atoms with Crippen molar-refractivity contribution < 1.29 is 4.79 Å². The number of carbonyl (C=O) groups excluding carboxylic acids is 1. The molecular formula is C25H27N5O2S. The van der Waals surface area contributed by atoms with Gasteiger partial charge in [-0.05, 0) is 37.1 Å². The lowest BCUT2D eigenvalue weighted by Gasteiger charge is -2.20. The summed E-state index contributed by atoms with van der Waals surface area (Å²) in [6.07, 6.45) is 8.27. The quantitative estimate of drug-likeness (QED) is 0.447. The molecule has 1 saturated carbocycles. The number of rotatable bonds is 5. The summed E-state index contributed by atoms with van der Waals surface area (Å²) in [5, 5.41) is 13.1. The maximum atomic E-state index is 13.3. The van der Waals surface area contributed by atoms with Crippen LogP contribution in [-0.2, 0) is 4.79 Å². The molecule has 1 N–H and O–H groups in total. The van der Waals surface area contributed by atoms with Crippen LogP contribution < -0.4 is 10.9 Å². The van der Waals surface area contributed by atoms with Gasteiger partial charge in [0, 0.05) is 6.04 Å². The van der Waals surface area contributed by atoms with Crippen molar-refractivity contribution in [3.8, 4) is 5.69 Å². The largest absolute Gasteiger partial charge is 0.353 e. The fraction of sp³-hybridized carbons (Fsp3) is 0.360. The first-order chi connectivity index (χ1) is 16.2. The molecule has 8 heteroatoms. The third-order valence-corrected chi connectivity index (χ3v) is 7.14. The molecule has 1 amide bonds. The number of benzene rings is 2. The van der Waals surface area contributed by atoms with Gasteiger partial charge in [0.15, 0.2) is 5.16 Å². The van der Waals surface area contributed by atoms with Gasteiger partial charge in [0.05, 0.1) is 22.3 Å². The number of hydrogen-bond acceptors (Lipinski definition) is 5. The van der Waals surface area contributed by atoms with Crippen LogP contribution in [0.5, 0.6) is 0 Å². The Morgan fingerprint density at radius 3 is 2.42 bits per heavy atom. The minimum absolute atomic E-state index is 0.0167. The fourth-order valence-corrected chi connectivity index (χ4v) is 5.33. The summed E-state index contributed by atoms with van der Waals surface area (Å²) in [7, 11) is 0. The first kappa shape index (κ1) is 21.7. The number of nitrogens with zero attached hydrogens (tertiary/aromatic N) is 4. The molecule has 0 unspecified atom stereocenters. The van der Waals surface area contributed by atoms with E-state index in [1.54, 1.807) is 4.57 Å². The number of nitrogens with one attached hydrogen (secondary N) is 1. The first-order valence-corrected chi connectivity index (χ1v) is 12.6. The average Bonchev–Trinajstić information content (AvgIpc) is 3.24. The van der Waals surface area contributed by atoms with Crippen molar-refractivity contribution in [3.05, 3.63) is 65.0 Å².